The molecule has 146 valence electrons. The largest absolute Gasteiger partial charge is 0.465 e. The fourth-order valence-corrected chi connectivity index (χ4v) is 2.55. The highest BCUT2D eigenvalue weighted by molar-refractivity contribution is 6.04. The van der Waals surface area contributed by atoms with E-state index in [1.807, 2.05) is 0 Å². The molecule has 0 aliphatic rings. The summed E-state index contributed by atoms with van der Waals surface area (Å²) in [5.74, 6) is -0.184. The molecule has 7 nitrogen and oxygen atoms in total. The van der Waals surface area contributed by atoms with E-state index < -0.39 is 5.97 Å². The number of methoxy groups -OCH3 is 1. The quantitative estimate of drug-likeness (QED) is 0.487. The number of carbonyl (C=O) groups excluding carboxylic acids is 3. The van der Waals surface area contributed by atoms with E-state index in [0.717, 1.165) is 5.69 Å². The molecule has 0 saturated carbocycles. The number of nitrogens with one attached hydrogen (secondary N) is 2. The number of hydrogen-bond donors (Lipinski definition) is 2. The number of hydrogen-bond acceptors (Lipinski definition) is 6. The first-order chi connectivity index (χ1) is 14.0. The van der Waals surface area contributed by atoms with Gasteiger partial charge < -0.3 is 15.4 Å². The number of ketones is 1. The van der Waals surface area contributed by atoms with Gasteiger partial charge in [-0.05, 0) is 67.6 Å². The van der Waals surface area contributed by atoms with Crippen LogP contribution in [-0.2, 0) is 4.74 Å². The number of Topliss-reactive ketones (excluding diaryl/α,β-unsaturated/α-hetero) is 1. The Bertz CT molecular complexity index is 1030. The van der Waals surface area contributed by atoms with Crippen LogP contribution in [0.5, 0.6) is 0 Å². The van der Waals surface area contributed by atoms with E-state index >= 15 is 0 Å². The third-order valence-electron chi connectivity index (χ3n) is 4.15. The van der Waals surface area contributed by atoms with Crippen LogP contribution in [0.4, 0.5) is 17.2 Å². The Morgan fingerprint density at radius 2 is 1.38 bits per heavy atom. The summed E-state index contributed by atoms with van der Waals surface area (Å²) in [5.41, 5.74) is 2.76. The van der Waals surface area contributed by atoms with Crippen LogP contribution in [0.25, 0.3) is 0 Å². The fraction of sp³-hybridized carbons (Fsp3) is 0.0909. The lowest BCUT2D eigenvalue weighted by atomic mass is 10.1. The number of carbonyl (C=O) groups is 3. The average Bonchev–Trinajstić information content (AvgIpc) is 2.74. The van der Waals surface area contributed by atoms with Gasteiger partial charge in [0.15, 0.2) is 5.78 Å². The number of ether oxygens (including phenoxy) is 1. The summed E-state index contributed by atoms with van der Waals surface area (Å²) < 4.78 is 4.64. The molecule has 7 heteroatoms. The van der Waals surface area contributed by atoms with Crippen LogP contribution in [0.3, 0.4) is 0 Å². The minimum Gasteiger partial charge on any atom is -0.465 e. The van der Waals surface area contributed by atoms with Gasteiger partial charge in [-0.3, -0.25) is 9.59 Å². The minimum atomic E-state index is -0.439. The third-order valence-corrected chi connectivity index (χ3v) is 4.15. The Kier molecular flexibility index (Phi) is 5.99. The number of rotatable bonds is 6. The summed E-state index contributed by atoms with van der Waals surface area (Å²) >= 11 is 0. The normalized spacial score (nSPS) is 10.1. The average molecular weight is 389 g/mol. The van der Waals surface area contributed by atoms with E-state index in [2.05, 4.69) is 20.4 Å². The van der Waals surface area contributed by atoms with Crippen molar-refractivity contribution >= 4 is 34.9 Å². The van der Waals surface area contributed by atoms with Crippen molar-refractivity contribution in [2.45, 2.75) is 6.92 Å². The summed E-state index contributed by atoms with van der Waals surface area (Å²) in [6.07, 6.45) is 1.46. The SMILES string of the molecule is COC(=O)c1ccc(NC(=O)c2ccc(Nc3ccc(C(C)=O)cc3)nc2)cc1. The Hall–Kier alpha value is -4.00. The molecule has 0 unspecified atom stereocenters. The molecule has 1 heterocycles. The van der Waals surface area contributed by atoms with Crippen LogP contribution in [0.15, 0.2) is 66.9 Å². The van der Waals surface area contributed by atoms with Crippen LogP contribution in [0, 0.1) is 0 Å². The fourth-order valence-electron chi connectivity index (χ4n) is 2.55. The predicted octanol–water partition coefficient (Wildman–Crippen LogP) is 4.07. The van der Waals surface area contributed by atoms with Crippen LogP contribution in [0.2, 0.25) is 0 Å². The van der Waals surface area contributed by atoms with Crippen molar-refractivity contribution in [2.24, 2.45) is 0 Å². The topological polar surface area (TPSA) is 97.4 Å². The standard InChI is InChI=1S/C22H19N3O4/c1-14(26)15-3-8-18(9-4-15)24-20-12-7-17(13-23-20)21(27)25-19-10-5-16(6-11-19)22(28)29-2/h3-13H,1-2H3,(H,23,24)(H,25,27). The van der Waals surface area contributed by atoms with E-state index in [4.69, 9.17) is 0 Å². The lowest BCUT2D eigenvalue weighted by molar-refractivity contribution is 0.0600. The molecule has 29 heavy (non-hydrogen) atoms. The molecule has 3 rings (SSSR count). The molecule has 0 fully saturated rings. The Labute approximate surface area is 167 Å². The molecule has 2 aromatic carbocycles. The number of aromatic nitrogens is 1. The van der Waals surface area contributed by atoms with Gasteiger partial charge in [-0.15, -0.1) is 0 Å². The first-order valence-corrected chi connectivity index (χ1v) is 8.80. The molecule has 3 aromatic rings. The first-order valence-electron chi connectivity index (χ1n) is 8.80. The lowest BCUT2D eigenvalue weighted by Crippen LogP contribution is -2.12. The monoisotopic (exact) mass is 389 g/mol. The van der Waals surface area contributed by atoms with Crippen molar-refractivity contribution in [2.75, 3.05) is 17.7 Å². The van der Waals surface area contributed by atoms with Crippen LogP contribution >= 0.6 is 0 Å². The number of pyridine rings is 1. The number of nitrogens with zero attached hydrogens (tertiary/aromatic N) is 1. The van der Waals surface area contributed by atoms with E-state index in [0.29, 0.717) is 28.2 Å². The maximum atomic E-state index is 12.4. The van der Waals surface area contributed by atoms with E-state index in [1.165, 1.54) is 20.2 Å². The highest BCUT2D eigenvalue weighted by Crippen LogP contribution is 2.17. The van der Waals surface area contributed by atoms with Crippen molar-refractivity contribution in [1.29, 1.82) is 0 Å². The van der Waals surface area contributed by atoms with Gasteiger partial charge in [-0.25, -0.2) is 9.78 Å². The summed E-state index contributed by atoms with van der Waals surface area (Å²) in [6, 6.07) is 16.8. The second-order valence-corrected chi connectivity index (χ2v) is 6.21. The highest BCUT2D eigenvalue weighted by Gasteiger charge is 2.09. The smallest absolute Gasteiger partial charge is 0.337 e. The molecule has 0 aliphatic heterocycles. The first kappa shape index (κ1) is 19.8. The van der Waals surface area contributed by atoms with E-state index in [-0.39, 0.29) is 11.7 Å². The van der Waals surface area contributed by atoms with E-state index in [9.17, 15) is 14.4 Å². The van der Waals surface area contributed by atoms with Crippen LogP contribution < -0.4 is 10.6 Å². The number of esters is 1. The van der Waals surface area contributed by atoms with Gasteiger partial charge in [0.2, 0.25) is 0 Å². The maximum Gasteiger partial charge on any atom is 0.337 e. The Balaban J connectivity index is 1.62. The lowest BCUT2D eigenvalue weighted by Gasteiger charge is -2.08. The van der Waals surface area contributed by atoms with E-state index in [1.54, 1.807) is 60.7 Å². The van der Waals surface area contributed by atoms with Crippen molar-refractivity contribution in [3.63, 3.8) is 0 Å². The molecular formula is C22H19N3O4. The Morgan fingerprint density at radius 1 is 0.793 bits per heavy atom. The summed E-state index contributed by atoms with van der Waals surface area (Å²) in [5, 5.41) is 5.86. The minimum absolute atomic E-state index is 0.00461. The van der Waals surface area contributed by atoms with Gasteiger partial charge in [0.25, 0.3) is 5.91 Å². The molecule has 2 N–H and O–H groups in total. The summed E-state index contributed by atoms with van der Waals surface area (Å²) in [6.45, 7) is 1.52. The van der Waals surface area contributed by atoms with Crippen molar-refractivity contribution < 1.29 is 19.1 Å². The van der Waals surface area contributed by atoms with Crippen molar-refractivity contribution in [3.8, 4) is 0 Å². The zero-order chi connectivity index (χ0) is 20.8. The zero-order valence-corrected chi connectivity index (χ0v) is 15.9. The molecular weight excluding hydrogens is 370 g/mol. The predicted molar refractivity (Wildman–Crippen MR) is 110 cm³/mol. The van der Waals surface area contributed by atoms with Crippen molar-refractivity contribution in [1.82, 2.24) is 4.98 Å². The van der Waals surface area contributed by atoms with Gasteiger partial charge in [-0.2, -0.15) is 0 Å². The van der Waals surface area contributed by atoms with Crippen molar-refractivity contribution in [3.05, 3.63) is 83.6 Å². The second-order valence-electron chi connectivity index (χ2n) is 6.21. The van der Waals surface area contributed by atoms with Gasteiger partial charge in [0, 0.05) is 23.1 Å². The second kappa shape index (κ2) is 8.79. The molecule has 0 atom stereocenters. The highest BCUT2D eigenvalue weighted by atomic mass is 16.5. The summed E-state index contributed by atoms with van der Waals surface area (Å²) in [7, 11) is 1.31. The molecule has 0 saturated heterocycles. The Morgan fingerprint density at radius 3 is 1.93 bits per heavy atom. The summed E-state index contributed by atoms with van der Waals surface area (Å²) in [4.78, 5) is 39.4. The molecule has 0 aliphatic carbocycles. The van der Waals surface area contributed by atoms with Gasteiger partial charge in [-0.1, -0.05) is 0 Å². The molecule has 1 amide bonds. The number of amides is 1. The van der Waals surface area contributed by atoms with Gasteiger partial charge >= 0.3 is 5.97 Å². The molecule has 1 aromatic heterocycles. The zero-order valence-electron chi connectivity index (χ0n) is 15.9. The number of anilines is 3. The maximum absolute atomic E-state index is 12.4. The van der Waals surface area contributed by atoms with Gasteiger partial charge in [0.05, 0.1) is 18.2 Å². The van der Waals surface area contributed by atoms with Gasteiger partial charge in [0.1, 0.15) is 5.82 Å². The van der Waals surface area contributed by atoms with Crippen LogP contribution in [0.1, 0.15) is 38.0 Å². The molecule has 0 bridgehead atoms. The number of benzene rings is 2. The van der Waals surface area contributed by atoms with Crippen LogP contribution in [-0.4, -0.2) is 29.8 Å². The third kappa shape index (κ3) is 5.04. The molecule has 0 spiro atoms. The molecule has 0 radical (unpaired) electrons.